The fourth-order valence-electron chi connectivity index (χ4n) is 2.23. The molecule has 2 aromatic rings. The monoisotopic (exact) mass is 333 g/mol. The molecule has 4 heteroatoms. The van der Waals surface area contributed by atoms with E-state index in [1.807, 2.05) is 30.3 Å². The third-order valence-corrected chi connectivity index (χ3v) is 4.28. The van der Waals surface area contributed by atoms with Gasteiger partial charge in [-0.1, -0.05) is 46.3 Å². The van der Waals surface area contributed by atoms with Crippen LogP contribution in [0.25, 0.3) is 0 Å². The smallest absolute Gasteiger partial charge is 0.217 e. The Balaban J connectivity index is 1.89. The fraction of sp³-hybridized carbons (Fsp3) is 0.188. The molecule has 0 spiro atoms. The Hall–Kier alpha value is -1.68. The van der Waals surface area contributed by atoms with Crippen LogP contribution in [0.3, 0.4) is 0 Å². The number of aliphatic imine (C=N–C) groups is 1. The highest BCUT2D eigenvalue weighted by Crippen LogP contribution is 2.34. The zero-order valence-electron chi connectivity index (χ0n) is 10.7. The SMILES string of the molecule is Fc1ccc([C@]2(CBr)CN=C(c3ccccc3)O2)cc1. The summed E-state index contributed by atoms with van der Waals surface area (Å²) >= 11 is 3.50. The van der Waals surface area contributed by atoms with Gasteiger partial charge in [-0.25, -0.2) is 9.38 Å². The summed E-state index contributed by atoms with van der Waals surface area (Å²) in [4.78, 5) is 4.50. The van der Waals surface area contributed by atoms with E-state index in [1.165, 1.54) is 12.1 Å². The van der Waals surface area contributed by atoms with E-state index < -0.39 is 5.60 Å². The van der Waals surface area contributed by atoms with Gasteiger partial charge >= 0.3 is 0 Å². The molecular weight excluding hydrogens is 321 g/mol. The molecule has 3 rings (SSSR count). The van der Waals surface area contributed by atoms with Gasteiger partial charge in [0.2, 0.25) is 5.90 Å². The Morgan fingerprint density at radius 3 is 2.45 bits per heavy atom. The summed E-state index contributed by atoms with van der Waals surface area (Å²) in [6, 6.07) is 16.2. The lowest BCUT2D eigenvalue weighted by atomic mass is 9.96. The van der Waals surface area contributed by atoms with Crippen LogP contribution in [-0.2, 0) is 10.3 Å². The molecule has 0 saturated carbocycles. The molecule has 0 saturated heterocycles. The summed E-state index contributed by atoms with van der Waals surface area (Å²) in [5.74, 6) is 0.384. The van der Waals surface area contributed by atoms with E-state index in [-0.39, 0.29) is 5.82 Å². The van der Waals surface area contributed by atoms with Gasteiger partial charge in [-0.3, -0.25) is 0 Å². The molecule has 1 atom stereocenters. The van der Waals surface area contributed by atoms with Crippen LogP contribution in [-0.4, -0.2) is 17.8 Å². The van der Waals surface area contributed by atoms with E-state index in [0.29, 0.717) is 17.8 Å². The normalized spacial score (nSPS) is 21.4. The minimum Gasteiger partial charge on any atom is -0.463 e. The van der Waals surface area contributed by atoms with Gasteiger partial charge in [0, 0.05) is 10.9 Å². The van der Waals surface area contributed by atoms with E-state index in [9.17, 15) is 4.39 Å². The van der Waals surface area contributed by atoms with Crippen molar-refractivity contribution in [3.05, 3.63) is 71.5 Å². The van der Waals surface area contributed by atoms with E-state index in [2.05, 4.69) is 20.9 Å². The Labute approximate surface area is 125 Å². The lowest BCUT2D eigenvalue weighted by molar-refractivity contribution is 0.115. The van der Waals surface area contributed by atoms with Crippen LogP contribution < -0.4 is 0 Å². The number of hydrogen-bond donors (Lipinski definition) is 0. The van der Waals surface area contributed by atoms with Crippen LogP contribution >= 0.6 is 15.9 Å². The molecule has 1 aliphatic heterocycles. The van der Waals surface area contributed by atoms with Gasteiger partial charge in [-0.2, -0.15) is 0 Å². The zero-order chi connectivity index (χ0) is 14.0. The molecule has 0 bridgehead atoms. The van der Waals surface area contributed by atoms with Crippen LogP contribution in [0.2, 0.25) is 0 Å². The van der Waals surface area contributed by atoms with Crippen LogP contribution in [0, 0.1) is 5.82 Å². The Kier molecular flexibility index (Phi) is 3.57. The van der Waals surface area contributed by atoms with E-state index in [0.717, 1.165) is 11.1 Å². The van der Waals surface area contributed by atoms with Crippen molar-refractivity contribution >= 4 is 21.8 Å². The van der Waals surface area contributed by atoms with Gasteiger partial charge in [0.25, 0.3) is 0 Å². The van der Waals surface area contributed by atoms with Crippen molar-refractivity contribution < 1.29 is 9.13 Å². The Bertz CT molecular complexity index is 627. The van der Waals surface area contributed by atoms with Crippen molar-refractivity contribution in [2.75, 3.05) is 11.9 Å². The molecule has 102 valence electrons. The first kappa shape index (κ1) is 13.3. The highest BCUT2D eigenvalue weighted by molar-refractivity contribution is 9.09. The quantitative estimate of drug-likeness (QED) is 0.781. The largest absolute Gasteiger partial charge is 0.463 e. The van der Waals surface area contributed by atoms with Crippen molar-refractivity contribution in [1.82, 2.24) is 0 Å². The molecule has 0 unspecified atom stereocenters. The molecule has 0 radical (unpaired) electrons. The molecule has 1 aliphatic rings. The topological polar surface area (TPSA) is 21.6 Å². The second-order valence-corrected chi connectivity index (χ2v) is 5.29. The summed E-state index contributed by atoms with van der Waals surface area (Å²) < 4.78 is 19.2. The van der Waals surface area contributed by atoms with Gasteiger partial charge in [-0.15, -0.1) is 0 Å². The summed E-state index contributed by atoms with van der Waals surface area (Å²) in [6.07, 6.45) is 0. The summed E-state index contributed by atoms with van der Waals surface area (Å²) in [7, 11) is 0. The van der Waals surface area contributed by atoms with Crippen molar-refractivity contribution in [3.8, 4) is 0 Å². The van der Waals surface area contributed by atoms with E-state index in [4.69, 9.17) is 4.74 Å². The standard InChI is InChI=1S/C16H13BrFNO/c17-10-16(13-6-8-14(18)9-7-13)11-19-15(20-16)12-4-2-1-3-5-12/h1-9H,10-11H2/t16-/m0/s1. The minimum atomic E-state index is -0.557. The molecule has 2 nitrogen and oxygen atoms in total. The molecule has 1 heterocycles. The van der Waals surface area contributed by atoms with Gasteiger partial charge in [0.05, 0.1) is 6.54 Å². The predicted molar refractivity (Wildman–Crippen MR) is 80.8 cm³/mol. The Morgan fingerprint density at radius 1 is 1.10 bits per heavy atom. The number of alkyl halides is 1. The maximum atomic E-state index is 13.1. The van der Waals surface area contributed by atoms with E-state index in [1.54, 1.807) is 12.1 Å². The van der Waals surface area contributed by atoms with Crippen molar-refractivity contribution in [3.63, 3.8) is 0 Å². The highest BCUT2D eigenvalue weighted by atomic mass is 79.9. The summed E-state index contributed by atoms with van der Waals surface area (Å²) in [6.45, 7) is 0.522. The van der Waals surface area contributed by atoms with Crippen LogP contribution in [0.15, 0.2) is 59.6 Å². The van der Waals surface area contributed by atoms with Crippen LogP contribution in [0.5, 0.6) is 0 Å². The second kappa shape index (κ2) is 5.37. The van der Waals surface area contributed by atoms with E-state index >= 15 is 0 Å². The maximum Gasteiger partial charge on any atom is 0.217 e. The van der Waals surface area contributed by atoms with Gasteiger partial charge in [0.1, 0.15) is 5.82 Å². The van der Waals surface area contributed by atoms with Crippen molar-refractivity contribution in [1.29, 1.82) is 0 Å². The van der Waals surface area contributed by atoms with Gasteiger partial charge in [0.15, 0.2) is 5.60 Å². The summed E-state index contributed by atoms with van der Waals surface area (Å²) in [5, 5.41) is 0.603. The number of benzene rings is 2. The first-order chi connectivity index (χ1) is 9.73. The van der Waals surface area contributed by atoms with Crippen LogP contribution in [0.1, 0.15) is 11.1 Å². The molecule has 20 heavy (non-hydrogen) atoms. The minimum absolute atomic E-state index is 0.249. The van der Waals surface area contributed by atoms with Crippen molar-refractivity contribution in [2.45, 2.75) is 5.60 Å². The van der Waals surface area contributed by atoms with Gasteiger partial charge < -0.3 is 4.74 Å². The number of hydrogen-bond acceptors (Lipinski definition) is 2. The molecule has 0 aromatic heterocycles. The molecular formula is C16H13BrFNO. The Morgan fingerprint density at radius 2 is 1.80 bits per heavy atom. The average molecular weight is 334 g/mol. The molecule has 2 aromatic carbocycles. The fourth-order valence-corrected chi connectivity index (χ4v) is 2.85. The zero-order valence-corrected chi connectivity index (χ0v) is 12.3. The summed E-state index contributed by atoms with van der Waals surface area (Å²) in [5.41, 5.74) is 1.32. The highest BCUT2D eigenvalue weighted by Gasteiger charge is 2.39. The predicted octanol–water partition coefficient (Wildman–Crippen LogP) is 3.89. The van der Waals surface area contributed by atoms with Gasteiger partial charge in [-0.05, 0) is 29.8 Å². The first-order valence-electron chi connectivity index (χ1n) is 6.34. The van der Waals surface area contributed by atoms with Crippen LogP contribution in [0.4, 0.5) is 4.39 Å². The number of halogens is 2. The third-order valence-electron chi connectivity index (χ3n) is 3.38. The van der Waals surface area contributed by atoms with Crippen molar-refractivity contribution in [2.24, 2.45) is 4.99 Å². The lowest BCUT2D eigenvalue weighted by Gasteiger charge is -2.26. The molecule has 0 amide bonds. The lowest BCUT2D eigenvalue weighted by Crippen LogP contribution is -2.32. The maximum absolute atomic E-state index is 13.1. The second-order valence-electron chi connectivity index (χ2n) is 4.72. The average Bonchev–Trinajstić information content (AvgIpc) is 2.95. The number of nitrogens with zero attached hydrogens (tertiary/aromatic N) is 1. The number of ether oxygens (including phenoxy) is 1. The molecule has 0 fully saturated rings. The number of rotatable bonds is 3. The third kappa shape index (κ3) is 2.36. The first-order valence-corrected chi connectivity index (χ1v) is 7.46. The molecule has 0 aliphatic carbocycles. The molecule has 0 N–H and O–H groups in total.